The molecule has 0 bridgehead atoms. The minimum absolute atomic E-state index is 0.124. The lowest BCUT2D eigenvalue weighted by Crippen LogP contribution is -2.24. The van der Waals surface area contributed by atoms with Gasteiger partial charge in [-0.05, 0) is 55.4 Å². The molecule has 0 unspecified atom stereocenters. The van der Waals surface area contributed by atoms with Crippen LogP contribution >= 0.6 is 0 Å². The Kier molecular flexibility index (Phi) is 4.05. The highest BCUT2D eigenvalue weighted by molar-refractivity contribution is 5.96. The van der Waals surface area contributed by atoms with Gasteiger partial charge in [-0.1, -0.05) is 6.07 Å². The van der Waals surface area contributed by atoms with Gasteiger partial charge in [0.15, 0.2) is 23.0 Å². The number of rotatable bonds is 4. The highest BCUT2D eigenvalue weighted by atomic mass is 16.7. The van der Waals surface area contributed by atoms with Crippen molar-refractivity contribution >= 4 is 5.97 Å². The Morgan fingerprint density at radius 2 is 1.75 bits per heavy atom. The summed E-state index contributed by atoms with van der Waals surface area (Å²) in [5.41, 5.74) is 3.44. The van der Waals surface area contributed by atoms with Crippen LogP contribution in [0.3, 0.4) is 0 Å². The van der Waals surface area contributed by atoms with Gasteiger partial charge in [0.1, 0.15) is 11.7 Å². The highest BCUT2D eigenvalue weighted by Crippen LogP contribution is 2.44. The number of carbonyl (C=O) groups is 1. The zero-order valence-electron chi connectivity index (χ0n) is 15.8. The molecule has 0 radical (unpaired) electrons. The second-order valence-corrected chi connectivity index (χ2v) is 7.39. The van der Waals surface area contributed by atoms with Crippen LogP contribution in [0, 0.1) is 0 Å². The number of ether oxygens (including phenoxy) is 5. The molecule has 0 aliphatic carbocycles. The Hall–Kier alpha value is -2.93. The molecule has 3 aliphatic rings. The van der Waals surface area contributed by atoms with E-state index in [1.54, 1.807) is 0 Å². The Labute approximate surface area is 162 Å². The Morgan fingerprint density at radius 1 is 1.00 bits per heavy atom. The van der Waals surface area contributed by atoms with Gasteiger partial charge in [0.25, 0.3) is 0 Å². The fourth-order valence-electron chi connectivity index (χ4n) is 3.87. The van der Waals surface area contributed by atoms with E-state index < -0.39 is 0 Å². The first-order chi connectivity index (χ1) is 13.6. The smallest absolute Gasteiger partial charge is 0.342 e. The topological polar surface area (TPSA) is 66.5 Å². The molecule has 0 saturated heterocycles. The molecule has 7 nitrogen and oxygen atoms in total. The van der Waals surface area contributed by atoms with Gasteiger partial charge in [0.2, 0.25) is 13.6 Å². The predicted molar refractivity (Wildman–Crippen MR) is 99.2 cm³/mol. The standard InChI is InChI=1S/C21H21NO6/c1-22(2)6-5-12-7-17-18(26-10-25-17)9-14(12)16-8-13-3-4-15-20(27-11-24-15)19(13)21(23)28-16/h3-4,7,9,16H,5-6,8,10-11H2,1-2H3/t16-/m1/s1. The van der Waals surface area contributed by atoms with Crippen LogP contribution in [-0.4, -0.2) is 45.1 Å². The molecule has 0 aromatic heterocycles. The predicted octanol–water partition coefficient (Wildman–Crippen LogP) is 2.70. The molecule has 1 atom stereocenters. The second-order valence-electron chi connectivity index (χ2n) is 7.39. The molecule has 0 fully saturated rings. The van der Waals surface area contributed by atoms with E-state index in [9.17, 15) is 4.79 Å². The van der Waals surface area contributed by atoms with Crippen LogP contribution in [0.4, 0.5) is 0 Å². The average molecular weight is 383 g/mol. The van der Waals surface area contributed by atoms with Crippen molar-refractivity contribution in [3.63, 3.8) is 0 Å². The van der Waals surface area contributed by atoms with Gasteiger partial charge >= 0.3 is 5.97 Å². The Bertz CT molecular complexity index is 954. The number of hydrogen-bond acceptors (Lipinski definition) is 7. The lowest BCUT2D eigenvalue weighted by atomic mass is 9.90. The van der Waals surface area contributed by atoms with E-state index in [2.05, 4.69) is 4.90 Å². The zero-order chi connectivity index (χ0) is 19.3. The first-order valence-electron chi connectivity index (χ1n) is 9.30. The normalized spacial score (nSPS) is 19.0. The van der Waals surface area contributed by atoms with Crippen LogP contribution in [-0.2, 0) is 17.6 Å². The molecule has 0 N–H and O–H groups in total. The van der Waals surface area contributed by atoms with Crippen molar-refractivity contribution in [1.82, 2.24) is 4.90 Å². The van der Waals surface area contributed by atoms with Crippen molar-refractivity contribution in [2.75, 3.05) is 34.2 Å². The van der Waals surface area contributed by atoms with Crippen LogP contribution in [0.2, 0.25) is 0 Å². The summed E-state index contributed by atoms with van der Waals surface area (Å²) in [5.74, 6) is 2.12. The minimum Gasteiger partial charge on any atom is -0.454 e. The third kappa shape index (κ3) is 2.82. The number of carbonyl (C=O) groups excluding carboxylic acids is 1. The summed E-state index contributed by atoms with van der Waals surface area (Å²) >= 11 is 0. The van der Waals surface area contributed by atoms with E-state index in [1.807, 2.05) is 38.4 Å². The molecule has 28 heavy (non-hydrogen) atoms. The lowest BCUT2D eigenvalue weighted by molar-refractivity contribution is 0.0245. The molecule has 3 aliphatic heterocycles. The third-order valence-electron chi connectivity index (χ3n) is 5.29. The lowest BCUT2D eigenvalue weighted by Gasteiger charge is -2.27. The highest BCUT2D eigenvalue weighted by Gasteiger charge is 2.35. The van der Waals surface area contributed by atoms with E-state index in [0.29, 0.717) is 29.2 Å². The minimum atomic E-state index is -0.384. The average Bonchev–Trinajstić information content (AvgIpc) is 3.33. The van der Waals surface area contributed by atoms with Crippen molar-refractivity contribution in [3.8, 4) is 23.0 Å². The van der Waals surface area contributed by atoms with Crippen molar-refractivity contribution < 1.29 is 28.5 Å². The monoisotopic (exact) mass is 383 g/mol. The molecular formula is C21H21NO6. The van der Waals surface area contributed by atoms with Gasteiger partial charge in [-0.3, -0.25) is 0 Å². The summed E-state index contributed by atoms with van der Waals surface area (Å²) in [4.78, 5) is 14.9. The molecular weight excluding hydrogens is 362 g/mol. The van der Waals surface area contributed by atoms with Crippen molar-refractivity contribution in [2.45, 2.75) is 18.9 Å². The summed E-state index contributed by atoms with van der Waals surface area (Å²) < 4.78 is 27.8. The third-order valence-corrected chi connectivity index (χ3v) is 5.29. The summed E-state index contributed by atoms with van der Waals surface area (Å²) in [6.45, 7) is 1.21. The SMILES string of the molecule is CN(C)CCc1cc2c(cc1[C@H]1Cc3ccc4c(c3C(=O)O1)OCO4)OCO2. The molecule has 5 rings (SSSR count). The van der Waals surface area contributed by atoms with Crippen molar-refractivity contribution in [2.24, 2.45) is 0 Å². The van der Waals surface area contributed by atoms with E-state index in [1.165, 1.54) is 0 Å². The largest absolute Gasteiger partial charge is 0.454 e. The Balaban J connectivity index is 1.52. The van der Waals surface area contributed by atoms with Gasteiger partial charge in [-0.25, -0.2) is 4.79 Å². The summed E-state index contributed by atoms with van der Waals surface area (Å²) in [7, 11) is 4.07. The van der Waals surface area contributed by atoms with Gasteiger partial charge in [-0.15, -0.1) is 0 Å². The van der Waals surface area contributed by atoms with Crippen molar-refractivity contribution in [1.29, 1.82) is 0 Å². The number of benzene rings is 2. The number of esters is 1. The maximum Gasteiger partial charge on any atom is 0.342 e. The van der Waals surface area contributed by atoms with Gasteiger partial charge in [0.05, 0.1) is 0 Å². The summed E-state index contributed by atoms with van der Waals surface area (Å²) in [6, 6.07) is 7.72. The van der Waals surface area contributed by atoms with E-state index >= 15 is 0 Å². The van der Waals surface area contributed by atoms with E-state index in [4.69, 9.17) is 23.7 Å². The van der Waals surface area contributed by atoms with Crippen molar-refractivity contribution in [3.05, 3.63) is 46.5 Å². The van der Waals surface area contributed by atoms with Crippen LogP contribution in [0.25, 0.3) is 0 Å². The molecule has 0 saturated carbocycles. The summed E-state index contributed by atoms with van der Waals surface area (Å²) in [6.07, 6.45) is 1.01. The maximum atomic E-state index is 12.8. The van der Waals surface area contributed by atoms with Crippen LogP contribution in [0.15, 0.2) is 24.3 Å². The Morgan fingerprint density at radius 3 is 2.57 bits per heavy atom. The van der Waals surface area contributed by atoms with Gasteiger partial charge in [0, 0.05) is 13.0 Å². The van der Waals surface area contributed by atoms with Crippen LogP contribution in [0.5, 0.6) is 23.0 Å². The molecule has 7 heteroatoms. The molecule has 2 aromatic rings. The maximum absolute atomic E-state index is 12.8. The molecule has 0 amide bonds. The first kappa shape index (κ1) is 17.2. The van der Waals surface area contributed by atoms with E-state index in [-0.39, 0.29) is 25.7 Å². The summed E-state index contributed by atoms with van der Waals surface area (Å²) in [5, 5.41) is 0. The van der Waals surface area contributed by atoms with Crippen LogP contribution < -0.4 is 18.9 Å². The van der Waals surface area contributed by atoms with Gasteiger partial charge < -0.3 is 28.6 Å². The number of nitrogens with zero attached hydrogens (tertiary/aromatic N) is 1. The number of hydrogen-bond donors (Lipinski definition) is 0. The zero-order valence-corrected chi connectivity index (χ0v) is 15.8. The van der Waals surface area contributed by atoms with Crippen LogP contribution in [0.1, 0.15) is 33.2 Å². The molecule has 3 heterocycles. The fraction of sp³-hybridized carbons (Fsp3) is 0.381. The molecule has 2 aromatic carbocycles. The number of fused-ring (bicyclic) bond motifs is 4. The fourth-order valence-corrected chi connectivity index (χ4v) is 3.87. The molecule has 0 spiro atoms. The van der Waals surface area contributed by atoms with Gasteiger partial charge in [-0.2, -0.15) is 0 Å². The quantitative estimate of drug-likeness (QED) is 0.752. The van der Waals surface area contributed by atoms with E-state index in [0.717, 1.165) is 35.4 Å². The second kappa shape index (κ2) is 6.60. The number of cyclic esters (lactones) is 1. The first-order valence-corrected chi connectivity index (χ1v) is 9.30. The number of likely N-dealkylation sites (N-methyl/N-ethyl adjacent to an activating group) is 1. The molecule has 146 valence electrons.